The quantitative estimate of drug-likeness (QED) is 0.818. The number of aryl methyl sites for hydroxylation is 2. The molecule has 24 heavy (non-hydrogen) atoms. The molecule has 0 spiro atoms. The highest BCUT2D eigenvalue weighted by Gasteiger charge is 2.25. The number of amides is 1. The molecule has 0 bridgehead atoms. The van der Waals surface area contributed by atoms with Crippen LogP contribution in [0.4, 0.5) is 0 Å². The number of hydrogen-bond donors (Lipinski definition) is 2. The smallest absolute Gasteiger partial charge is 0.341 e. The second kappa shape index (κ2) is 7.21. The summed E-state index contributed by atoms with van der Waals surface area (Å²) in [5.41, 5.74) is 1.79. The molecule has 7 nitrogen and oxygen atoms in total. The molecule has 1 heterocycles. The zero-order chi connectivity index (χ0) is 17.9. The van der Waals surface area contributed by atoms with Crippen LogP contribution in [0, 0.1) is 13.8 Å². The molecule has 2 N–H and O–H groups in total. The molecule has 2 rings (SSSR count). The predicted octanol–water partition coefficient (Wildman–Crippen LogP) is 1.07. The highest BCUT2D eigenvalue weighted by atomic mass is 32.2. The second-order valence-corrected chi connectivity index (χ2v) is 8.32. The predicted molar refractivity (Wildman–Crippen MR) is 88.2 cm³/mol. The lowest BCUT2D eigenvalue weighted by molar-refractivity contribution is -0.139. The Morgan fingerprint density at radius 3 is 2.25 bits per heavy atom. The minimum absolute atomic E-state index is 0.0952. The highest BCUT2D eigenvalue weighted by Crippen LogP contribution is 2.25. The number of sulfone groups is 1. The first-order valence-corrected chi connectivity index (χ1v) is 9.47. The van der Waals surface area contributed by atoms with Gasteiger partial charge in [-0.2, -0.15) is 0 Å². The average molecular weight is 355 g/mol. The number of aliphatic carboxylic acids is 1. The fraction of sp³-hybridized carbons (Fsp3) is 0.500. The second-order valence-electron chi connectivity index (χ2n) is 6.02. The lowest BCUT2D eigenvalue weighted by atomic mass is 10.0. The summed E-state index contributed by atoms with van der Waals surface area (Å²) in [5, 5.41) is 11.5. The minimum atomic E-state index is -2.96. The van der Waals surface area contributed by atoms with Crippen LogP contribution in [-0.2, 0) is 14.6 Å². The van der Waals surface area contributed by atoms with Crippen molar-refractivity contribution in [1.29, 1.82) is 0 Å². The molecule has 0 atom stereocenters. The fourth-order valence-electron chi connectivity index (χ4n) is 2.75. The molecule has 1 aromatic rings. The topological polar surface area (TPSA) is 110 Å². The van der Waals surface area contributed by atoms with E-state index in [9.17, 15) is 18.0 Å². The van der Waals surface area contributed by atoms with Crippen molar-refractivity contribution in [3.8, 4) is 5.75 Å². The van der Waals surface area contributed by atoms with Gasteiger partial charge in [-0.3, -0.25) is 4.79 Å². The van der Waals surface area contributed by atoms with Crippen molar-refractivity contribution >= 4 is 21.7 Å². The number of ether oxygens (including phenoxy) is 1. The van der Waals surface area contributed by atoms with E-state index >= 15 is 0 Å². The molecule has 132 valence electrons. The Labute approximate surface area is 140 Å². The molecule has 1 saturated heterocycles. The van der Waals surface area contributed by atoms with Gasteiger partial charge < -0.3 is 15.2 Å². The number of carbonyl (C=O) groups excluding carboxylic acids is 1. The van der Waals surface area contributed by atoms with Gasteiger partial charge in [0.25, 0.3) is 5.91 Å². The van der Waals surface area contributed by atoms with Crippen LogP contribution in [0.15, 0.2) is 12.1 Å². The maximum Gasteiger partial charge on any atom is 0.341 e. The van der Waals surface area contributed by atoms with Crippen LogP contribution in [-0.4, -0.2) is 49.6 Å². The summed E-state index contributed by atoms with van der Waals surface area (Å²) >= 11 is 0. The van der Waals surface area contributed by atoms with E-state index in [0.717, 1.165) is 0 Å². The van der Waals surface area contributed by atoms with E-state index in [4.69, 9.17) is 9.84 Å². The SMILES string of the molecule is Cc1cc(C(=O)NC2CCS(=O)(=O)CC2)cc(C)c1OCC(=O)O. The molecule has 1 amide bonds. The third-order valence-corrected chi connectivity index (χ3v) is 5.67. The number of rotatable bonds is 5. The number of hydrogen-bond acceptors (Lipinski definition) is 5. The lowest BCUT2D eigenvalue weighted by Gasteiger charge is -2.23. The Hall–Kier alpha value is -2.09. The zero-order valence-corrected chi connectivity index (χ0v) is 14.5. The van der Waals surface area contributed by atoms with Crippen molar-refractivity contribution < 1.29 is 27.9 Å². The normalized spacial score (nSPS) is 17.2. The zero-order valence-electron chi connectivity index (χ0n) is 13.7. The van der Waals surface area contributed by atoms with Gasteiger partial charge in [-0.25, -0.2) is 13.2 Å². The van der Waals surface area contributed by atoms with Crippen LogP contribution in [0.1, 0.15) is 34.3 Å². The number of carbonyl (C=O) groups is 2. The summed E-state index contributed by atoms with van der Waals surface area (Å²) in [6, 6.07) is 3.13. The molecule has 0 aliphatic carbocycles. The van der Waals surface area contributed by atoms with Gasteiger partial charge in [0.05, 0.1) is 11.5 Å². The number of benzene rings is 1. The third kappa shape index (κ3) is 4.70. The van der Waals surface area contributed by atoms with Gasteiger partial charge in [0, 0.05) is 11.6 Å². The number of nitrogens with one attached hydrogen (secondary N) is 1. The van der Waals surface area contributed by atoms with Crippen molar-refractivity contribution in [2.24, 2.45) is 0 Å². The Morgan fingerprint density at radius 1 is 1.21 bits per heavy atom. The van der Waals surface area contributed by atoms with Gasteiger partial charge in [0.15, 0.2) is 6.61 Å². The first kappa shape index (κ1) is 18.3. The van der Waals surface area contributed by atoms with Crippen molar-refractivity contribution in [3.05, 3.63) is 28.8 Å². The molecule has 0 aromatic heterocycles. The molecule has 1 aliphatic heterocycles. The fourth-order valence-corrected chi connectivity index (χ4v) is 4.24. The molecule has 0 radical (unpaired) electrons. The monoisotopic (exact) mass is 355 g/mol. The maximum absolute atomic E-state index is 12.4. The van der Waals surface area contributed by atoms with Crippen LogP contribution in [0.5, 0.6) is 5.75 Å². The largest absolute Gasteiger partial charge is 0.481 e. The molecule has 0 unspecified atom stereocenters. The highest BCUT2D eigenvalue weighted by molar-refractivity contribution is 7.91. The van der Waals surface area contributed by atoms with Crippen LogP contribution >= 0.6 is 0 Å². The summed E-state index contributed by atoms with van der Waals surface area (Å²) in [6.45, 7) is 3.05. The van der Waals surface area contributed by atoms with E-state index in [1.165, 1.54) is 0 Å². The van der Waals surface area contributed by atoms with Crippen molar-refractivity contribution in [3.63, 3.8) is 0 Å². The van der Waals surface area contributed by atoms with E-state index in [1.54, 1.807) is 26.0 Å². The molecule has 8 heteroatoms. The molecular weight excluding hydrogens is 334 g/mol. The van der Waals surface area contributed by atoms with E-state index in [1.807, 2.05) is 0 Å². The van der Waals surface area contributed by atoms with E-state index in [2.05, 4.69) is 5.32 Å². The number of carboxylic acid groups (broad SMARTS) is 1. The summed E-state index contributed by atoms with van der Waals surface area (Å²) in [5.74, 6) is -0.688. The maximum atomic E-state index is 12.4. The van der Waals surface area contributed by atoms with E-state index in [-0.39, 0.29) is 23.5 Å². The van der Waals surface area contributed by atoms with Crippen LogP contribution in [0.25, 0.3) is 0 Å². The Kier molecular flexibility index (Phi) is 5.48. The van der Waals surface area contributed by atoms with E-state index < -0.39 is 22.4 Å². The first-order chi connectivity index (χ1) is 11.2. The first-order valence-electron chi connectivity index (χ1n) is 7.65. The molecule has 1 aromatic carbocycles. The number of carboxylic acids is 1. The van der Waals surface area contributed by atoms with Gasteiger partial charge in [0.1, 0.15) is 15.6 Å². The molecule has 0 saturated carbocycles. The molecular formula is C16H21NO6S. The van der Waals surface area contributed by atoms with Crippen LogP contribution in [0.2, 0.25) is 0 Å². The van der Waals surface area contributed by atoms with Crippen molar-refractivity contribution in [1.82, 2.24) is 5.32 Å². The van der Waals surface area contributed by atoms with Gasteiger partial charge >= 0.3 is 5.97 Å². The molecule has 1 aliphatic rings. The third-order valence-electron chi connectivity index (χ3n) is 3.95. The van der Waals surface area contributed by atoms with Crippen LogP contribution in [0.3, 0.4) is 0 Å². The van der Waals surface area contributed by atoms with Crippen molar-refractivity contribution in [2.75, 3.05) is 18.1 Å². The van der Waals surface area contributed by atoms with Gasteiger partial charge in [-0.05, 0) is 49.9 Å². The molecule has 1 fully saturated rings. The summed E-state index contributed by atoms with van der Waals surface area (Å²) in [4.78, 5) is 23.0. The Bertz CT molecular complexity index is 719. The van der Waals surface area contributed by atoms with Crippen molar-refractivity contribution in [2.45, 2.75) is 32.7 Å². The van der Waals surface area contributed by atoms with E-state index in [0.29, 0.717) is 35.3 Å². The van der Waals surface area contributed by atoms with Gasteiger partial charge in [-0.15, -0.1) is 0 Å². The van der Waals surface area contributed by atoms with Crippen LogP contribution < -0.4 is 10.1 Å². The standard InChI is InChI=1S/C16H21NO6S/c1-10-7-12(8-11(2)15(10)23-9-14(18)19)16(20)17-13-3-5-24(21,22)6-4-13/h7-8,13H,3-6,9H2,1-2H3,(H,17,20)(H,18,19). The van der Waals surface area contributed by atoms with Gasteiger partial charge in [0.2, 0.25) is 0 Å². The Balaban J connectivity index is 2.06. The average Bonchev–Trinajstić information content (AvgIpc) is 2.48. The van der Waals surface area contributed by atoms with Gasteiger partial charge in [-0.1, -0.05) is 0 Å². The Morgan fingerprint density at radius 2 is 1.75 bits per heavy atom. The summed E-state index contributed by atoms with van der Waals surface area (Å²) in [6.07, 6.45) is 0.845. The summed E-state index contributed by atoms with van der Waals surface area (Å²) < 4.78 is 28.1. The summed E-state index contributed by atoms with van der Waals surface area (Å²) in [7, 11) is -2.96. The lowest BCUT2D eigenvalue weighted by Crippen LogP contribution is -2.40. The minimum Gasteiger partial charge on any atom is -0.481 e.